The number of carbonyl (C=O) groups excluding carboxylic acids is 2. The van der Waals surface area contributed by atoms with E-state index in [2.05, 4.69) is 13.2 Å². The molecule has 0 fully saturated rings. The number of carbonyl (C=O) groups is 2. The van der Waals surface area contributed by atoms with Crippen molar-refractivity contribution in [2.24, 2.45) is 0 Å². The molecule has 220 valence electrons. The summed E-state index contributed by atoms with van der Waals surface area (Å²) in [5.74, 6) is 1.00. The Morgan fingerprint density at radius 3 is 1.35 bits per heavy atom. The predicted molar refractivity (Wildman–Crippen MR) is 171 cm³/mol. The molecule has 0 N–H and O–H groups in total. The van der Waals surface area contributed by atoms with E-state index in [9.17, 15) is 9.59 Å². The number of rotatable bonds is 12. The molecule has 0 aliphatic carbocycles. The molecule has 0 saturated carbocycles. The summed E-state index contributed by atoms with van der Waals surface area (Å²) in [6.07, 6.45) is 0. The molecule has 4 aromatic carbocycles. The first-order valence-electron chi connectivity index (χ1n) is 13.0. The molecule has 0 spiro atoms. The second-order valence-electron chi connectivity index (χ2n) is 9.29. The zero-order chi connectivity index (χ0) is 30.9. The number of hydrogen-bond donors (Lipinski definition) is 0. The third-order valence-electron chi connectivity index (χ3n) is 6.08. The Bertz CT molecular complexity index is 1560. The topological polar surface area (TPSA) is 80.3 Å². The maximum atomic E-state index is 12.3. The largest absolute Gasteiger partial charge is 0.497 e. The summed E-state index contributed by atoms with van der Waals surface area (Å²) in [7, 11) is 3.17. The van der Waals surface area contributed by atoms with E-state index in [0.717, 1.165) is 45.0 Å². The Morgan fingerprint density at radius 1 is 0.581 bits per heavy atom. The average Bonchev–Trinajstić information content (AvgIpc) is 3.01. The van der Waals surface area contributed by atoms with Gasteiger partial charge in [0.2, 0.25) is 0 Å². The quantitative estimate of drug-likeness (QED) is 0.0673. The summed E-state index contributed by atoms with van der Waals surface area (Å²) < 4.78 is 28.3. The van der Waals surface area contributed by atoms with E-state index in [1.54, 1.807) is 52.3 Å². The lowest BCUT2D eigenvalue weighted by Crippen LogP contribution is -2.09. The molecule has 0 aliphatic rings. The first kappa shape index (κ1) is 31.5. The molecule has 0 amide bonds. The number of hydrogen-bond acceptors (Lipinski definition) is 9. The fourth-order valence-electron chi connectivity index (χ4n) is 3.86. The minimum atomic E-state index is -0.516. The molecule has 0 saturated heterocycles. The first-order valence-corrected chi connectivity index (χ1v) is 14.5. The molecule has 9 heteroatoms. The van der Waals surface area contributed by atoms with Crippen LogP contribution in [0.4, 0.5) is 0 Å². The molecule has 0 radical (unpaired) electrons. The summed E-state index contributed by atoms with van der Waals surface area (Å²) in [5, 5.41) is 0. The van der Waals surface area contributed by atoms with Crippen LogP contribution in [0.25, 0.3) is 22.3 Å². The van der Waals surface area contributed by atoms with Crippen LogP contribution < -0.4 is 18.9 Å². The van der Waals surface area contributed by atoms with Gasteiger partial charge < -0.3 is 18.9 Å². The van der Waals surface area contributed by atoms with Crippen LogP contribution in [-0.4, -0.2) is 26.2 Å². The fourth-order valence-corrected chi connectivity index (χ4v) is 5.35. The van der Waals surface area contributed by atoms with Crippen molar-refractivity contribution in [1.29, 1.82) is 0 Å². The minimum absolute atomic E-state index is 0.293. The van der Waals surface area contributed by atoms with E-state index in [0.29, 0.717) is 45.3 Å². The van der Waals surface area contributed by atoms with Crippen molar-refractivity contribution in [3.05, 3.63) is 109 Å². The van der Waals surface area contributed by atoms with Crippen molar-refractivity contribution in [3.8, 4) is 45.3 Å². The predicted octanol–water partition coefficient (Wildman–Crippen LogP) is 8.73. The summed E-state index contributed by atoms with van der Waals surface area (Å²) in [6, 6.07) is 25.6. The molecule has 0 aromatic heterocycles. The molecular formula is C34H30O7S2. The van der Waals surface area contributed by atoms with E-state index in [1.165, 1.54) is 0 Å². The van der Waals surface area contributed by atoms with Crippen LogP contribution >= 0.6 is 24.1 Å². The lowest BCUT2D eigenvalue weighted by Gasteiger charge is -2.16. The average molecular weight is 615 g/mol. The molecule has 7 nitrogen and oxygen atoms in total. The molecule has 4 aromatic rings. The van der Waals surface area contributed by atoms with Crippen LogP contribution in [-0.2, 0) is 13.2 Å². The van der Waals surface area contributed by atoms with Crippen molar-refractivity contribution in [2.45, 2.75) is 23.6 Å². The van der Waals surface area contributed by atoms with Crippen molar-refractivity contribution >= 4 is 36.0 Å². The third kappa shape index (κ3) is 7.90. The molecule has 0 atom stereocenters. The Labute approximate surface area is 259 Å². The van der Waals surface area contributed by atoms with Gasteiger partial charge in [0.1, 0.15) is 23.0 Å². The number of ether oxygens (including phenoxy) is 4. The Morgan fingerprint density at radius 2 is 0.977 bits per heavy atom. The van der Waals surface area contributed by atoms with Gasteiger partial charge in [-0.15, -0.1) is 0 Å². The van der Waals surface area contributed by atoms with Crippen molar-refractivity contribution in [3.63, 3.8) is 0 Å². The number of methoxy groups -OCH3 is 2. The lowest BCUT2D eigenvalue weighted by atomic mass is 10.0. The van der Waals surface area contributed by atoms with Crippen molar-refractivity contribution < 1.29 is 32.2 Å². The van der Waals surface area contributed by atoms with Crippen LogP contribution in [0, 0.1) is 0 Å². The molecule has 0 heterocycles. The van der Waals surface area contributed by atoms with Crippen molar-refractivity contribution in [2.75, 3.05) is 14.2 Å². The summed E-state index contributed by atoms with van der Waals surface area (Å²) in [5.41, 5.74) is 3.46. The lowest BCUT2D eigenvalue weighted by molar-refractivity contribution is -0.130. The van der Waals surface area contributed by atoms with Gasteiger partial charge in [0.15, 0.2) is 0 Å². The number of benzene rings is 4. The van der Waals surface area contributed by atoms with Gasteiger partial charge in [0.25, 0.3) is 0 Å². The molecule has 0 bridgehead atoms. The maximum absolute atomic E-state index is 12.3. The van der Waals surface area contributed by atoms with Gasteiger partial charge in [0.05, 0.1) is 14.2 Å². The standard InChI is InChI=1S/C34H30O7S2/c1-21(2)33(35)39-29-13-9-7-11-25(29)27-19-23(37-5)15-17-31(27)42-41-43-32-18-16-24(38-6)20-28(32)26-12-8-10-14-30(26)40-34(36)22(3)4/h7-20H,1,3H2,2,4-6H3. The zero-order valence-electron chi connectivity index (χ0n) is 24.2. The van der Waals surface area contributed by atoms with Gasteiger partial charge in [-0.05, 0) is 62.4 Å². The van der Waals surface area contributed by atoms with Crippen LogP contribution in [0.15, 0.2) is 119 Å². The normalized spacial score (nSPS) is 10.5. The Balaban J connectivity index is 1.65. The highest BCUT2D eigenvalue weighted by molar-refractivity contribution is 8.08. The minimum Gasteiger partial charge on any atom is -0.497 e. The van der Waals surface area contributed by atoms with Crippen LogP contribution in [0.2, 0.25) is 0 Å². The first-order chi connectivity index (χ1) is 20.7. The van der Waals surface area contributed by atoms with Crippen molar-refractivity contribution in [1.82, 2.24) is 0 Å². The Hall–Kier alpha value is -4.44. The summed E-state index contributed by atoms with van der Waals surface area (Å²) >= 11 is 2.29. The van der Waals surface area contributed by atoms with Crippen LogP contribution in [0.1, 0.15) is 13.8 Å². The van der Waals surface area contributed by atoms with Gasteiger partial charge in [0, 0.05) is 67.3 Å². The van der Waals surface area contributed by atoms with Gasteiger partial charge in [-0.25, -0.2) is 13.2 Å². The van der Waals surface area contributed by atoms with Gasteiger partial charge >= 0.3 is 11.9 Å². The molecule has 4 rings (SSSR count). The number of para-hydroxylation sites is 2. The summed E-state index contributed by atoms with van der Waals surface area (Å²) in [4.78, 5) is 26.2. The van der Waals surface area contributed by atoms with Crippen LogP contribution in [0.3, 0.4) is 0 Å². The summed E-state index contributed by atoms with van der Waals surface area (Å²) in [6.45, 7) is 10.5. The second kappa shape index (κ2) is 14.6. The molecule has 0 aliphatic heterocycles. The van der Waals surface area contributed by atoms with Gasteiger partial charge in [-0.3, -0.25) is 0 Å². The molecule has 0 unspecified atom stereocenters. The van der Waals surface area contributed by atoms with Gasteiger partial charge in [-0.2, -0.15) is 0 Å². The third-order valence-corrected chi connectivity index (χ3v) is 7.69. The Kier molecular flexibility index (Phi) is 10.7. The van der Waals surface area contributed by atoms with E-state index in [1.807, 2.05) is 60.7 Å². The van der Waals surface area contributed by atoms with E-state index in [4.69, 9.17) is 22.6 Å². The smallest absolute Gasteiger partial charge is 0.338 e. The zero-order valence-corrected chi connectivity index (χ0v) is 25.8. The maximum Gasteiger partial charge on any atom is 0.338 e. The molecule has 43 heavy (non-hydrogen) atoms. The fraction of sp³-hybridized carbons (Fsp3) is 0.118. The monoisotopic (exact) mass is 614 g/mol. The van der Waals surface area contributed by atoms with Gasteiger partial charge in [-0.1, -0.05) is 49.6 Å². The highest BCUT2D eigenvalue weighted by atomic mass is 32.2. The molecular weight excluding hydrogens is 585 g/mol. The highest BCUT2D eigenvalue weighted by Crippen LogP contribution is 2.44. The van der Waals surface area contributed by atoms with E-state index < -0.39 is 11.9 Å². The highest BCUT2D eigenvalue weighted by Gasteiger charge is 2.18. The van der Waals surface area contributed by atoms with E-state index in [-0.39, 0.29) is 0 Å². The van der Waals surface area contributed by atoms with Crippen LogP contribution in [0.5, 0.6) is 23.0 Å². The SMILES string of the molecule is C=C(C)C(=O)Oc1ccccc1-c1cc(OC)ccc1SOSc1ccc(OC)cc1-c1ccccc1OC(=O)C(=C)C. The second-order valence-corrected chi connectivity index (χ2v) is 11.0. The van der Waals surface area contributed by atoms with E-state index >= 15 is 0 Å². The number of esters is 2.